The topological polar surface area (TPSA) is 86.4 Å². The van der Waals surface area contributed by atoms with Crippen LogP contribution in [0.4, 0.5) is 0 Å². The van der Waals surface area contributed by atoms with Crippen LogP contribution in [0.2, 0.25) is 5.02 Å². The third-order valence-electron chi connectivity index (χ3n) is 1.56. The highest BCUT2D eigenvalue weighted by Crippen LogP contribution is 2.13. The average Bonchev–Trinajstić information content (AvgIpc) is 2.23. The van der Waals surface area contributed by atoms with Gasteiger partial charge in [-0.05, 0) is 6.92 Å². The summed E-state index contributed by atoms with van der Waals surface area (Å²) in [5, 5.41) is 23.7. The molecule has 1 N–H and O–H groups in total. The lowest BCUT2D eigenvalue weighted by Gasteiger charge is -2.00. The molecule has 6 nitrogen and oxygen atoms in total. The number of aliphatic hydroxyl groups is 1. The van der Waals surface area contributed by atoms with Crippen molar-refractivity contribution in [3.05, 3.63) is 33.9 Å². The second kappa shape index (κ2) is 5.32. The molecule has 0 spiro atoms. The van der Waals surface area contributed by atoms with Crippen molar-refractivity contribution < 1.29 is 19.5 Å². The number of carbonyl (C=O) groups is 1. The fraction of sp³-hybridized carbons (Fsp3) is 0.222. The van der Waals surface area contributed by atoms with Gasteiger partial charge in [0.05, 0.1) is 11.6 Å². The molecule has 7 heteroatoms. The summed E-state index contributed by atoms with van der Waals surface area (Å²) >= 11 is 5.70. The zero-order chi connectivity index (χ0) is 12.1. The van der Waals surface area contributed by atoms with Crippen LogP contribution in [0, 0.1) is 5.21 Å². The highest BCUT2D eigenvalue weighted by molar-refractivity contribution is 6.31. The van der Waals surface area contributed by atoms with Crippen molar-refractivity contribution in [3.63, 3.8) is 0 Å². The molecule has 0 fully saturated rings. The van der Waals surface area contributed by atoms with Crippen molar-refractivity contribution in [2.24, 2.45) is 0 Å². The van der Waals surface area contributed by atoms with Crippen LogP contribution in [0.1, 0.15) is 12.6 Å². The Morgan fingerprint density at radius 1 is 1.81 bits per heavy atom. The molecule has 0 radical (unpaired) electrons. The molecule has 0 saturated heterocycles. The molecular formula is C9H9ClN2O4. The molecule has 0 aromatic carbocycles. The molecule has 16 heavy (non-hydrogen) atoms. The van der Waals surface area contributed by atoms with E-state index in [1.807, 2.05) is 0 Å². The zero-order valence-corrected chi connectivity index (χ0v) is 9.14. The van der Waals surface area contributed by atoms with Gasteiger partial charge in [0, 0.05) is 17.2 Å². The smallest absolute Gasteiger partial charge is 0.373 e. The van der Waals surface area contributed by atoms with Gasteiger partial charge in [0.2, 0.25) is 12.0 Å². The van der Waals surface area contributed by atoms with Crippen LogP contribution < -0.4 is 4.85 Å². The van der Waals surface area contributed by atoms with Gasteiger partial charge in [-0.15, -0.1) is 0 Å². The van der Waals surface area contributed by atoms with Crippen LogP contribution in [0.15, 0.2) is 18.0 Å². The van der Waals surface area contributed by atoms with E-state index in [4.69, 9.17) is 11.6 Å². The maximum Gasteiger partial charge on any atom is 0.373 e. The van der Waals surface area contributed by atoms with Gasteiger partial charge < -0.3 is 15.1 Å². The maximum atomic E-state index is 11.0. The van der Waals surface area contributed by atoms with E-state index in [1.54, 1.807) is 6.92 Å². The summed E-state index contributed by atoms with van der Waals surface area (Å²) < 4.78 is 4.53. The summed E-state index contributed by atoms with van der Waals surface area (Å²) in [6.45, 7) is 1.73. The van der Waals surface area contributed by atoms with E-state index in [1.165, 1.54) is 6.07 Å². The Labute approximate surface area is 96.3 Å². The Kier molecular flexibility index (Phi) is 4.07. The molecule has 0 saturated carbocycles. The minimum atomic E-state index is -0.901. The van der Waals surface area contributed by atoms with Crippen molar-refractivity contribution >= 4 is 23.6 Å². The predicted octanol–water partition coefficient (Wildman–Crippen LogP) is 0.830. The molecule has 1 aromatic rings. The van der Waals surface area contributed by atoms with Crippen LogP contribution in [0.5, 0.6) is 0 Å². The Bertz CT molecular complexity index is 434. The number of halogens is 1. The third-order valence-corrected chi connectivity index (χ3v) is 1.88. The van der Waals surface area contributed by atoms with E-state index in [-0.39, 0.29) is 22.2 Å². The van der Waals surface area contributed by atoms with Gasteiger partial charge in [-0.2, -0.15) is 0 Å². The van der Waals surface area contributed by atoms with Gasteiger partial charge in [-0.3, -0.25) is 0 Å². The molecule has 0 bridgehead atoms. The molecule has 86 valence electrons. The van der Waals surface area contributed by atoms with Gasteiger partial charge in [-0.1, -0.05) is 16.4 Å². The lowest BCUT2D eigenvalue weighted by atomic mass is 10.3. The Hall–Kier alpha value is -1.82. The number of ether oxygens (including phenoxy) is 1. The van der Waals surface area contributed by atoms with Gasteiger partial charge in [-0.25, -0.2) is 4.79 Å². The molecule has 0 unspecified atom stereocenters. The monoisotopic (exact) mass is 244 g/mol. The number of aromatic nitrogens is 2. The van der Waals surface area contributed by atoms with Gasteiger partial charge in [0.25, 0.3) is 0 Å². The summed E-state index contributed by atoms with van der Waals surface area (Å²) in [7, 11) is 0. The Morgan fingerprint density at radius 2 is 2.50 bits per heavy atom. The minimum absolute atomic E-state index is 0.00952. The van der Waals surface area contributed by atoms with Crippen LogP contribution in [0.3, 0.4) is 0 Å². The van der Waals surface area contributed by atoms with Gasteiger partial charge >= 0.3 is 5.97 Å². The summed E-state index contributed by atoms with van der Waals surface area (Å²) in [4.78, 5) is 11.3. The summed E-state index contributed by atoms with van der Waals surface area (Å²) in [6, 6.07) is 1.30. The zero-order valence-electron chi connectivity index (χ0n) is 8.38. The number of hydrogen-bond donors (Lipinski definition) is 1. The lowest BCUT2D eigenvalue weighted by molar-refractivity contribution is -0.669. The van der Waals surface area contributed by atoms with Crippen molar-refractivity contribution in [2.75, 3.05) is 6.61 Å². The van der Waals surface area contributed by atoms with Gasteiger partial charge in [0.15, 0.2) is 5.69 Å². The second-order valence-electron chi connectivity index (χ2n) is 2.70. The summed E-state index contributed by atoms with van der Waals surface area (Å²) in [5.74, 6) is -1.57. The number of nitrogens with zero attached hydrogens (tertiary/aromatic N) is 2. The third kappa shape index (κ3) is 3.09. The first-order valence-electron chi connectivity index (χ1n) is 4.38. The molecule has 0 aliphatic rings. The SMILES string of the molecule is CCOC(=O)/C(O)=C\c1n[n+]([O-])ccc1Cl. The average molecular weight is 245 g/mol. The summed E-state index contributed by atoms with van der Waals surface area (Å²) in [5.41, 5.74) is -0.00952. The first kappa shape index (κ1) is 12.3. The van der Waals surface area contributed by atoms with Crippen molar-refractivity contribution in [1.82, 2.24) is 5.10 Å². The molecule has 1 aromatic heterocycles. The number of rotatable bonds is 3. The van der Waals surface area contributed by atoms with E-state index >= 15 is 0 Å². The molecule has 1 heterocycles. The first-order chi connectivity index (χ1) is 7.54. The quantitative estimate of drug-likeness (QED) is 0.280. The molecule has 0 aliphatic carbocycles. The summed E-state index contributed by atoms with van der Waals surface area (Å²) in [6.07, 6.45) is 2.07. The molecule has 0 atom stereocenters. The van der Waals surface area contributed by atoms with Gasteiger partial charge in [0.1, 0.15) is 0 Å². The largest absolute Gasteiger partial charge is 0.594 e. The van der Waals surface area contributed by atoms with E-state index in [2.05, 4.69) is 9.84 Å². The second-order valence-corrected chi connectivity index (χ2v) is 3.11. The molecular weight excluding hydrogens is 236 g/mol. The first-order valence-corrected chi connectivity index (χ1v) is 4.76. The predicted molar refractivity (Wildman–Crippen MR) is 55.4 cm³/mol. The van der Waals surface area contributed by atoms with Crippen molar-refractivity contribution in [1.29, 1.82) is 0 Å². The normalized spacial score (nSPS) is 11.2. The Balaban J connectivity index is 2.97. The van der Waals surface area contributed by atoms with Crippen LogP contribution in [0.25, 0.3) is 6.08 Å². The lowest BCUT2D eigenvalue weighted by Crippen LogP contribution is -2.30. The highest BCUT2D eigenvalue weighted by Gasteiger charge is 2.12. The van der Waals surface area contributed by atoms with Crippen molar-refractivity contribution in [3.8, 4) is 0 Å². The van der Waals surface area contributed by atoms with E-state index < -0.39 is 11.7 Å². The standard InChI is InChI=1S/C9H9ClN2O4/c1-2-16-9(14)8(13)5-7-6(10)3-4-12(15)11-7/h3-5,13H,2H2,1H3/b8-5+. The Morgan fingerprint density at radius 3 is 3.12 bits per heavy atom. The minimum Gasteiger partial charge on any atom is -0.594 e. The number of aliphatic hydroxyl groups excluding tert-OH is 1. The van der Waals surface area contributed by atoms with E-state index in [0.717, 1.165) is 12.3 Å². The molecule has 0 amide bonds. The van der Waals surface area contributed by atoms with Crippen LogP contribution in [-0.2, 0) is 9.53 Å². The number of hydrogen-bond acceptors (Lipinski definition) is 5. The maximum absolute atomic E-state index is 11.0. The fourth-order valence-electron chi connectivity index (χ4n) is 0.893. The van der Waals surface area contributed by atoms with Crippen LogP contribution >= 0.6 is 11.6 Å². The number of carbonyl (C=O) groups excluding carboxylic acids is 1. The fourth-order valence-corrected chi connectivity index (χ4v) is 1.04. The molecule has 1 rings (SSSR count). The molecule has 0 aliphatic heterocycles. The highest BCUT2D eigenvalue weighted by atomic mass is 35.5. The van der Waals surface area contributed by atoms with Crippen molar-refractivity contribution in [2.45, 2.75) is 6.92 Å². The number of esters is 1. The van der Waals surface area contributed by atoms with E-state index in [9.17, 15) is 15.1 Å². The van der Waals surface area contributed by atoms with Crippen LogP contribution in [-0.4, -0.2) is 22.8 Å². The van der Waals surface area contributed by atoms with E-state index in [0.29, 0.717) is 0 Å².